The molecule has 2 N–H and O–H groups in total. The second-order valence-electron chi connectivity index (χ2n) is 5.45. The molecule has 1 saturated carbocycles. The summed E-state index contributed by atoms with van der Waals surface area (Å²) in [7, 11) is 0. The summed E-state index contributed by atoms with van der Waals surface area (Å²) in [6.07, 6.45) is 8.96. The first-order valence-electron chi connectivity index (χ1n) is 7.86. The standard InChI is InChI=1S/C15H30N2O2/c1-3-4-10-17-15(18)13(2)16-11-12-19-14-8-6-5-7-9-14/h13-14,16H,3-12H2,1-2H3,(H,17,18). The third-order valence-corrected chi connectivity index (χ3v) is 3.68. The molecule has 0 heterocycles. The first-order chi connectivity index (χ1) is 9.24. The van der Waals surface area contributed by atoms with Crippen LogP contribution < -0.4 is 10.6 Å². The fraction of sp³-hybridized carbons (Fsp3) is 0.933. The summed E-state index contributed by atoms with van der Waals surface area (Å²) in [5.41, 5.74) is 0. The van der Waals surface area contributed by atoms with Gasteiger partial charge in [0.15, 0.2) is 0 Å². The van der Waals surface area contributed by atoms with Crippen molar-refractivity contribution in [3.63, 3.8) is 0 Å². The Bertz CT molecular complexity index is 240. The summed E-state index contributed by atoms with van der Waals surface area (Å²) in [4.78, 5) is 11.7. The van der Waals surface area contributed by atoms with Crippen LogP contribution in [-0.4, -0.2) is 37.7 Å². The maximum Gasteiger partial charge on any atom is 0.236 e. The maximum absolute atomic E-state index is 11.7. The van der Waals surface area contributed by atoms with E-state index in [0.29, 0.717) is 12.7 Å². The molecule has 1 amide bonds. The highest BCUT2D eigenvalue weighted by molar-refractivity contribution is 5.81. The molecule has 1 fully saturated rings. The summed E-state index contributed by atoms with van der Waals surface area (Å²) in [5.74, 6) is 0.0890. The number of carbonyl (C=O) groups excluding carboxylic acids is 1. The van der Waals surface area contributed by atoms with Crippen LogP contribution >= 0.6 is 0 Å². The lowest BCUT2D eigenvalue weighted by Crippen LogP contribution is -2.43. The minimum atomic E-state index is -0.133. The van der Waals surface area contributed by atoms with Crippen LogP contribution in [0.15, 0.2) is 0 Å². The molecule has 112 valence electrons. The number of rotatable bonds is 9. The van der Waals surface area contributed by atoms with Crippen LogP contribution in [0.1, 0.15) is 58.8 Å². The summed E-state index contributed by atoms with van der Waals surface area (Å²) >= 11 is 0. The predicted octanol–water partition coefficient (Wildman–Crippen LogP) is 2.23. The molecular weight excluding hydrogens is 240 g/mol. The van der Waals surface area contributed by atoms with Crippen LogP contribution in [0.4, 0.5) is 0 Å². The molecule has 1 unspecified atom stereocenters. The van der Waals surface area contributed by atoms with Gasteiger partial charge in [-0.2, -0.15) is 0 Å². The zero-order valence-corrected chi connectivity index (χ0v) is 12.5. The Kier molecular flexibility index (Phi) is 8.84. The van der Waals surface area contributed by atoms with Crippen molar-refractivity contribution in [2.45, 2.75) is 70.9 Å². The molecule has 0 spiro atoms. The number of hydrogen-bond donors (Lipinski definition) is 2. The zero-order chi connectivity index (χ0) is 13.9. The third kappa shape index (κ3) is 7.53. The van der Waals surface area contributed by atoms with E-state index in [-0.39, 0.29) is 11.9 Å². The number of ether oxygens (including phenoxy) is 1. The van der Waals surface area contributed by atoms with Crippen LogP contribution in [0.2, 0.25) is 0 Å². The van der Waals surface area contributed by atoms with E-state index in [1.54, 1.807) is 0 Å². The molecule has 4 heteroatoms. The average Bonchev–Trinajstić information content (AvgIpc) is 2.44. The lowest BCUT2D eigenvalue weighted by molar-refractivity contribution is -0.122. The van der Waals surface area contributed by atoms with E-state index in [1.165, 1.54) is 32.1 Å². The van der Waals surface area contributed by atoms with E-state index < -0.39 is 0 Å². The van der Waals surface area contributed by atoms with Crippen LogP contribution in [0.3, 0.4) is 0 Å². The smallest absolute Gasteiger partial charge is 0.236 e. The fourth-order valence-corrected chi connectivity index (χ4v) is 2.37. The van der Waals surface area contributed by atoms with Gasteiger partial charge in [-0.3, -0.25) is 4.79 Å². The number of unbranched alkanes of at least 4 members (excludes halogenated alkanes) is 1. The van der Waals surface area contributed by atoms with Gasteiger partial charge in [-0.15, -0.1) is 0 Å². The van der Waals surface area contributed by atoms with Gasteiger partial charge < -0.3 is 15.4 Å². The van der Waals surface area contributed by atoms with E-state index in [2.05, 4.69) is 17.6 Å². The SMILES string of the molecule is CCCCNC(=O)C(C)NCCOC1CCCCC1. The molecular formula is C15H30N2O2. The monoisotopic (exact) mass is 270 g/mol. The molecule has 0 aromatic heterocycles. The van der Waals surface area contributed by atoms with Gasteiger partial charge in [0.2, 0.25) is 5.91 Å². The topological polar surface area (TPSA) is 50.4 Å². The third-order valence-electron chi connectivity index (χ3n) is 3.68. The first kappa shape index (κ1) is 16.4. The lowest BCUT2D eigenvalue weighted by Gasteiger charge is -2.22. The highest BCUT2D eigenvalue weighted by Crippen LogP contribution is 2.19. The Morgan fingerprint density at radius 1 is 1.26 bits per heavy atom. The fourth-order valence-electron chi connectivity index (χ4n) is 2.37. The minimum Gasteiger partial charge on any atom is -0.377 e. The van der Waals surface area contributed by atoms with Crippen molar-refractivity contribution in [3.8, 4) is 0 Å². The van der Waals surface area contributed by atoms with Gasteiger partial charge >= 0.3 is 0 Å². The second kappa shape index (κ2) is 10.2. The highest BCUT2D eigenvalue weighted by atomic mass is 16.5. The summed E-state index contributed by atoms with van der Waals surface area (Å²) < 4.78 is 5.82. The number of amides is 1. The van der Waals surface area contributed by atoms with Crippen LogP contribution in [0, 0.1) is 0 Å². The van der Waals surface area contributed by atoms with Gasteiger partial charge in [0.05, 0.1) is 18.8 Å². The minimum absolute atomic E-state index is 0.0890. The van der Waals surface area contributed by atoms with E-state index in [1.807, 2.05) is 6.92 Å². The van der Waals surface area contributed by atoms with Crippen molar-refractivity contribution in [3.05, 3.63) is 0 Å². The normalized spacial score (nSPS) is 18.2. The van der Waals surface area contributed by atoms with Gasteiger partial charge in [-0.25, -0.2) is 0 Å². The second-order valence-corrected chi connectivity index (χ2v) is 5.45. The Balaban J connectivity index is 1.99. The van der Waals surface area contributed by atoms with Crippen molar-refractivity contribution in [2.24, 2.45) is 0 Å². The first-order valence-corrected chi connectivity index (χ1v) is 7.86. The van der Waals surface area contributed by atoms with Crippen molar-refractivity contribution < 1.29 is 9.53 Å². The van der Waals surface area contributed by atoms with Gasteiger partial charge in [0.1, 0.15) is 0 Å². The molecule has 0 saturated heterocycles. The zero-order valence-electron chi connectivity index (χ0n) is 12.5. The Labute approximate surface area is 117 Å². The van der Waals surface area contributed by atoms with Crippen molar-refractivity contribution in [1.29, 1.82) is 0 Å². The van der Waals surface area contributed by atoms with Crippen molar-refractivity contribution in [2.75, 3.05) is 19.7 Å². The molecule has 0 aromatic carbocycles. The van der Waals surface area contributed by atoms with Gasteiger partial charge in [-0.1, -0.05) is 32.6 Å². The molecule has 1 atom stereocenters. The predicted molar refractivity (Wildman–Crippen MR) is 78.2 cm³/mol. The molecule has 1 aliphatic carbocycles. The lowest BCUT2D eigenvalue weighted by atomic mass is 9.98. The van der Waals surface area contributed by atoms with Gasteiger partial charge in [0.25, 0.3) is 0 Å². The summed E-state index contributed by atoms with van der Waals surface area (Å²) in [6.45, 7) is 6.26. The molecule has 0 aromatic rings. The summed E-state index contributed by atoms with van der Waals surface area (Å²) in [6, 6.07) is -0.133. The summed E-state index contributed by atoms with van der Waals surface area (Å²) in [5, 5.41) is 6.14. The van der Waals surface area contributed by atoms with E-state index in [9.17, 15) is 4.79 Å². The Morgan fingerprint density at radius 2 is 2.00 bits per heavy atom. The van der Waals surface area contributed by atoms with Crippen LogP contribution in [0.25, 0.3) is 0 Å². The molecule has 1 aliphatic rings. The van der Waals surface area contributed by atoms with E-state index in [4.69, 9.17) is 4.74 Å². The van der Waals surface area contributed by atoms with E-state index in [0.717, 1.165) is 25.9 Å². The Morgan fingerprint density at radius 3 is 2.68 bits per heavy atom. The average molecular weight is 270 g/mol. The van der Waals surface area contributed by atoms with E-state index >= 15 is 0 Å². The quantitative estimate of drug-likeness (QED) is 0.632. The van der Waals surface area contributed by atoms with Crippen LogP contribution in [0.5, 0.6) is 0 Å². The van der Waals surface area contributed by atoms with Gasteiger partial charge in [-0.05, 0) is 26.2 Å². The van der Waals surface area contributed by atoms with Crippen molar-refractivity contribution >= 4 is 5.91 Å². The van der Waals surface area contributed by atoms with Crippen molar-refractivity contribution in [1.82, 2.24) is 10.6 Å². The van der Waals surface area contributed by atoms with Crippen LogP contribution in [-0.2, 0) is 9.53 Å². The Hall–Kier alpha value is -0.610. The molecule has 19 heavy (non-hydrogen) atoms. The number of carbonyl (C=O) groups is 1. The molecule has 0 bridgehead atoms. The number of nitrogens with one attached hydrogen (secondary N) is 2. The highest BCUT2D eigenvalue weighted by Gasteiger charge is 2.14. The molecule has 1 rings (SSSR count). The molecule has 0 aliphatic heterocycles. The number of hydrogen-bond acceptors (Lipinski definition) is 3. The molecule has 4 nitrogen and oxygen atoms in total. The largest absolute Gasteiger partial charge is 0.377 e. The van der Waals surface area contributed by atoms with Gasteiger partial charge in [0, 0.05) is 13.1 Å². The molecule has 0 radical (unpaired) electrons. The maximum atomic E-state index is 11.7.